The monoisotopic (exact) mass is 298 g/mol. The van der Waals surface area contributed by atoms with E-state index in [0.29, 0.717) is 5.69 Å². The molecule has 0 saturated heterocycles. The highest BCUT2D eigenvalue weighted by Crippen LogP contribution is 2.32. The van der Waals surface area contributed by atoms with Crippen LogP contribution in [0.2, 0.25) is 0 Å². The summed E-state index contributed by atoms with van der Waals surface area (Å²) in [7, 11) is 0. The van der Waals surface area contributed by atoms with Crippen molar-refractivity contribution in [1.82, 2.24) is 9.97 Å². The predicted molar refractivity (Wildman–Crippen MR) is 92.8 cm³/mol. The van der Waals surface area contributed by atoms with Gasteiger partial charge in [0.15, 0.2) is 0 Å². The van der Waals surface area contributed by atoms with Crippen LogP contribution in [0.25, 0.3) is 21.8 Å². The van der Waals surface area contributed by atoms with Gasteiger partial charge in [0.25, 0.3) is 0 Å². The zero-order valence-electron chi connectivity index (χ0n) is 12.6. The van der Waals surface area contributed by atoms with Gasteiger partial charge >= 0.3 is 0 Å². The van der Waals surface area contributed by atoms with E-state index in [1.165, 1.54) is 0 Å². The zero-order valence-corrected chi connectivity index (χ0v) is 12.6. The van der Waals surface area contributed by atoms with E-state index in [1.807, 2.05) is 55.5 Å². The van der Waals surface area contributed by atoms with E-state index in [0.717, 1.165) is 38.9 Å². The molecule has 1 N–H and O–H groups in total. The Labute approximate surface area is 133 Å². The fourth-order valence-electron chi connectivity index (χ4n) is 2.87. The third kappa shape index (κ3) is 2.21. The van der Waals surface area contributed by atoms with E-state index in [1.54, 1.807) is 6.20 Å². The number of nitrogens with zero attached hydrogens (tertiary/aromatic N) is 1. The molecule has 2 heterocycles. The largest absolute Gasteiger partial charge is 0.457 e. The molecular formula is C20H14N2O. The van der Waals surface area contributed by atoms with Gasteiger partial charge in [0, 0.05) is 16.3 Å². The van der Waals surface area contributed by atoms with Crippen LogP contribution in [0, 0.1) is 19.3 Å². The second-order valence-corrected chi connectivity index (χ2v) is 5.41. The van der Waals surface area contributed by atoms with Crippen LogP contribution < -0.4 is 4.74 Å². The lowest BCUT2D eigenvalue weighted by Crippen LogP contribution is -1.88. The molecule has 0 unspecified atom stereocenters. The molecule has 0 fully saturated rings. The number of aromatic nitrogens is 2. The average molecular weight is 298 g/mol. The number of aryl methyl sites for hydroxylation is 1. The first-order chi connectivity index (χ1) is 11.3. The number of nitrogens with one attached hydrogen (secondary N) is 1. The molecule has 0 amide bonds. The molecule has 0 saturated carbocycles. The highest BCUT2D eigenvalue weighted by molar-refractivity contribution is 6.09. The molecule has 2 aromatic heterocycles. The third-order valence-corrected chi connectivity index (χ3v) is 3.97. The minimum absolute atomic E-state index is 0.674. The quantitative estimate of drug-likeness (QED) is 0.540. The van der Waals surface area contributed by atoms with Gasteiger partial charge in [-0.2, -0.15) is 0 Å². The summed E-state index contributed by atoms with van der Waals surface area (Å²) in [6.45, 7) is 2.00. The highest BCUT2D eigenvalue weighted by Gasteiger charge is 2.11. The second kappa shape index (κ2) is 5.19. The van der Waals surface area contributed by atoms with Crippen molar-refractivity contribution < 1.29 is 4.74 Å². The third-order valence-electron chi connectivity index (χ3n) is 3.97. The molecule has 0 bridgehead atoms. The molecule has 4 aromatic rings. The minimum Gasteiger partial charge on any atom is -0.457 e. The first-order valence-electron chi connectivity index (χ1n) is 7.37. The number of H-pyrrole nitrogens is 1. The molecule has 4 rings (SSSR count). The van der Waals surface area contributed by atoms with Crippen LogP contribution in [-0.4, -0.2) is 9.97 Å². The van der Waals surface area contributed by atoms with Gasteiger partial charge in [-0.3, -0.25) is 0 Å². The number of hydrogen-bond donors (Lipinski definition) is 1. The number of para-hydroxylation sites is 1. The fourth-order valence-corrected chi connectivity index (χ4v) is 2.87. The Morgan fingerprint density at radius 2 is 1.87 bits per heavy atom. The van der Waals surface area contributed by atoms with Crippen molar-refractivity contribution in [1.29, 1.82) is 0 Å². The van der Waals surface area contributed by atoms with E-state index in [-0.39, 0.29) is 0 Å². The standard InChI is InChI=1S/C20H14N2O/c1-3-17-13(2)20-16-11-15(23-14-7-5-4-6-8-14)9-10-18(16)22-19(20)12-21-17/h1,4-12,22H,2H3. The molecule has 2 aromatic carbocycles. The van der Waals surface area contributed by atoms with E-state index in [4.69, 9.17) is 11.2 Å². The maximum atomic E-state index is 5.93. The molecule has 3 heteroatoms. The van der Waals surface area contributed by atoms with E-state index < -0.39 is 0 Å². The van der Waals surface area contributed by atoms with E-state index in [2.05, 4.69) is 15.9 Å². The number of rotatable bonds is 2. The number of terminal acetylenes is 1. The van der Waals surface area contributed by atoms with Crippen molar-refractivity contribution >= 4 is 21.8 Å². The normalized spacial score (nSPS) is 10.8. The van der Waals surface area contributed by atoms with Gasteiger partial charge in [-0.1, -0.05) is 18.2 Å². The van der Waals surface area contributed by atoms with Crippen molar-refractivity contribution in [3.05, 3.63) is 66.0 Å². The van der Waals surface area contributed by atoms with Gasteiger partial charge in [-0.05, 0) is 48.7 Å². The Hall–Kier alpha value is -3.25. The van der Waals surface area contributed by atoms with Gasteiger partial charge in [0.2, 0.25) is 0 Å². The summed E-state index contributed by atoms with van der Waals surface area (Å²) < 4.78 is 5.93. The van der Waals surface area contributed by atoms with Crippen molar-refractivity contribution in [2.45, 2.75) is 6.92 Å². The van der Waals surface area contributed by atoms with Gasteiger partial charge in [-0.25, -0.2) is 4.98 Å². The van der Waals surface area contributed by atoms with Crippen molar-refractivity contribution in [2.24, 2.45) is 0 Å². The zero-order chi connectivity index (χ0) is 15.8. The Kier molecular flexibility index (Phi) is 3.03. The second-order valence-electron chi connectivity index (χ2n) is 5.41. The Morgan fingerprint density at radius 1 is 1.04 bits per heavy atom. The molecule has 0 atom stereocenters. The molecule has 0 spiro atoms. The first kappa shape index (κ1) is 13.4. The van der Waals surface area contributed by atoms with Gasteiger partial charge in [0.1, 0.15) is 17.2 Å². The number of aromatic amines is 1. The number of pyridine rings is 1. The topological polar surface area (TPSA) is 37.9 Å². The Morgan fingerprint density at radius 3 is 2.65 bits per heavy atom. The van der Waals surface area contributed by atoms with Crippen molar-refractivity contribution in [2.75, 3.05) is 0 Å². The summed E-state index contributed by atoms with van der Waals surface area (Å²) in [6.07, 6.45) is 7.33. The molecule has 0 aliphatic rings. The Balaban J connectivity index is 1.90. The minimum atomic E-state index is 0.674. The molecular weight excluding hydrogens is 284 g/mol. The first-order valence-corrected chi connectivity index (χ1v) is 7.37. The fraction of sp³-hybridized carbons (Fsp3) is 0.0500. The lowest BCUT2D eigenvalue weighted by molar-refractivity contribution is 0.483. The number of ether oxygens (including phenoxy) is 1. The van der Waals surface area contributed by atoms with Crippen molar-refractivity contribution in [3.8, 4) is 23.8 Å². The highest BCUT2D eigenvalue weighted by atomic mass is 16.5. The lowest BCUT2D eigenvalue weighted by atomic mass is 10.1. The van der Waals surface area contributed by atoms with Crippen LogP contribution in [0.1, 0.15) is 11.3 Å². The summed E-state index contributed by atoms with van der Waals surface area (Å²) in [4.78, 5) is 7.69. The predicted octanol–water partition coefficient (Wildman–Crippen LogP) is 4.80. The number of hydrogen-bond acceptors (Lipinski definition) is 2. The van der Waals surface area contributed by atoms with Crippen LogP contribution in [0.4, 0.5) is 0 Å². The Bertz CT molecular complexity index is 1060. The maximum Gasteiger partial charge on any atom is 0.128 e. The van der Waals surface area contributed by atoms with Crippen LogP contribution in [0.15, 0.2) is 54.7 Å². The SMILES string of the molecule is C#Cc1ncc2[nH]c3ccc(Oc4ccccc4)cc3c2c1C. The molecule has 110 valence electrons. The summed E-state index contributed by atoms with van der Waals surface area (Å²) in [5.41, 5.74) is 3.70. The summed E-state index contributed by atoms with van der Waals surface area (Å²) in [6, 6.07) is 15.7. The average Bonchev–Trinajstić information content (AvgIpc) is 2.95. The van der Waals surface area contributed by atoms with Crippen LogP contribution >= 0.6 is 0 Å². The number of fused-ring (bicyclic) bond motifs is 3. The molecule has 0 aliphatic carbocycles. The van der Waals surface area contributed by atoms with Gasteiger partial charge < -0.3 is 9.72 Å². The van der Waals surface area contributed by atoms with Crippen molar-refractivity contribution in [3.63, 3.8) is 0 Å². The summed E-state index contributed by atoms with van der Waals surface area (Å²) in [5.74, 6) is 4.25. The lowest BCUT2D eigenvalue weighted by Gasteiger charge is -2.06. The molecule has 0 aliphatic heterocycles. The molecule has 0 radical (unpaired) electrons. The van der Waals surface area contributed by atoms with Crippen LogP contribution in [0.5, 0.6) is 11.5 Å². The smallest absolute Gasteiger partial charge is 0.128 e. The number of benzene rings is 2. The van der Waals surface area contributed by atoms with Crippen LogP contribution in [0.3, 0.4) is 0 Å². The molecule has 3 nitrogen and oxygen atoms in total. The summed E-state index contributed by atoms with van der Waals surface area (Å²) >= 11 is 0. The van der Waals surface area contributed by atoms with Gasteiger partial charge in [-0.15, -0.1) is 6.42 Å². The van der Waals surface area contributed by atoms with E-state index >= 15 is 0 Å². The van der Waals surface area contributed by atoms with E-state index in [9.17, 15) is 0 Å². The maximum absolute atomic E-state index is 5.93. The molecule has 23 heavy (non-hydrogen) atoms. The van der Waals surface area contributed by atoms with Crippen LogP contribution in [-0.2, 0) is 0 Å². The van der Waals surface area contributed by atoms with Gasteiger partial charge in [0.05, 0.1) is 11.7 Å². The summed E-state index contributed by atoms with van der Waals surface area (Å²) in [5, 5.41) is 2.19.